The maximum atomic E-state index is 12.1. The first kappa shape index (κ1) is 17.2. The number of methoxy groups -OCH3 is 1. The number of hydrogen-bond donors (Lipinski definition) is 2. The molecule has 122 valence electrons. The van der Waals surface area contributed by atoms with E-state index in [1.165, 1.54) is 0 Å². The quantitative estimate of drug-likeness (QED) is 0.760. The molecule has 0 aliphatic rings. The number of pyridine rings is 1. The Hall–Kier alpha value is -2.11. The Labute approximate surface area is 141 Å². The number of nitrogens with one attached hydrogen (secondary N) is 2. The fraction of sp³-hybridized carbons (Fsp3) is 0.294. The van der Waals surface area contributed by atoms with E-state index in [1.807, 2.05) is 25.1 Å². The Morgan fingerprint density at radius 2 is 2.17 bits per heavy atom. The maximum absolute atomic E-state index is 12.1. The monoisotopic (exact) mass is 333 g/mol. The minimum Gasteiger partial charge on any atom is -0.385 e. The van der Waals surface area contributed by atoms with E-state index in [0.29, 0.717) is 23.7 Å². The van der Waals surface area contributed by atoms with Gasteiger partial charge in [0.15, 0.2) is 0 Å². The molecule has 2 N–H and O–H groups in total. The molecule has 0 fully saturated rings. The second-order valence-corrected chi connectivity index (χ2v) is 5.51. The van der Waals surface area contributed by atoms with E-state index >= 15 is 0 Å². The molecule has 1 aromatic heterocycles. The normalized spacial score (nSPS) is 10.4. The largest absolute Gasteiger partial charge is 0.385 e. The summed E-state index contributed by atoms with van der Waals surface area (Å²) in [7, 11) is 1.64. The molecule has 23 heavy (non-hydrogen) atoms. The highest BCUT2D eigenvalue weighted by molar-refractivity contribution is 6.31. The number of anilines is 2. The third-order valence-corrected chi connectivity index (χ3v) is 3.77. The second kappa shape index (κ2) is 8.50. The van der Waals surface area contributed by atoms with Crippen LogP contribution in [-0.4, -0.2) is 31.2 Å². The zero-order valence-electron chi connectivity index (χ0n) is 13.2. The van der Waals surface area contributed by atoms with Crippen molar-refractivity contribution >= 4 is 28.9 Å². The van der Waals surface area contributed by atoms with Gasteiger partial charge in [-0.3, -0.25) is 9.78 Å². The zero-order chi connectivity index (χ0) is 16.7. The fourth-order valence-corrected chi connectivity index (χ4v) is 2.23. The first-order valence-corrected chi connectivity index (χ1v) is 7.74. The lowest BCUT2D eigenvalue weighted by molar-refractivity contribution is 0.0948. The highest BCUT2D eigenvalue weighted by Gasteiger charge is 2.08. The molecule has 0 saturated heterocycles. The molecule has 2 rings (SSSR count). The Kier molecular flexibility index (Phi) is 6.38. The Morgan fingerprint density at radius 1 is 1.35 bits per heavy atom. The average Bonchev–Trinajstić information content (AvgIpc) is 2.56. The molecule has 0 aliphatic heterocycles. The van der Waals surface area contributed by atoms with Crippen LogP contribution in [0.3, 0.4) is 0 Å². The second-order valence-electron chi connectivity index (χ2n) is 5.10. The first-order chi connectivity index (χ1) is 11.1. The predicted octanol–water partition coefficient (Wildman–Crippen LogP) is 3.55. The number of carbonyl (C=O) groups is 1. The van der Waals surface area contributed by atoms with Crippen molar-refractivity contribution in [2.45, 2.75) is 13.3 Å². The number of aromatic nitrogens is 1. The summed E-state index contributed by atoms with van der Waals surface area (Å²) in [5.41, 5.74) is 3.08. The summed E-state index contributed by atoms with van der Waals surface area (Å²) >= 11 is 6.11. The number of benzene rings is 1. The van der Waals surface area contributed by atoms with E-state index in [-0.39, 0.29) is 5.91 Å². The van der Waals surface area contributed by atoms with Gasteiger partial charge in [-0.05, 0) is 37.1 Å². The van der Waals surface area contributed by atoms with Crippen molar-refractivity contribution in [1.82, 2.24) is 10.3 Å². The lowest BCUT2D eigenvalue weighted by atomic mass is 10.2. The molecule has 5 nitrogen and oxygen atoms in total. The van der Waals surface area contributed by atoms with Gasteiger partial charge in [0.1, 0.15) is 0 Å². The number of rotatable bonds is 7. The number of halogens is 1. The van der Waals surface area contributed by atoms with Gasteiger partial charge in [0, 0.05) is 37.2 Å². The molecule has 0 spiro atoms. The minimum atomic E-state index is -0.153. The highest BCUT2D eigenvalue weighted by atomic mass is 35.5. The van der Waals surface area contributed by atoms with Crippen molar-refractivity contribution in [1.29, 1.82) is 0 Å². The van der Waals surface area contributed by atoms with E-state index in [2.05, 4.69) is 15.6 Å². The number of carbonyl (C=O) groups excluding carboxylic acids is 1. The summed E-state index contributed by atoms with van der Waals surface area (Å²) in [6.07, 6.45) is 3.99. The van der Waals surface area contributed by atoms with Crippen molar-refractivity contribution in [3.8, 4) is 0 Å². The summed E-state index contributed by atoms with van der Waals surface area (Å²) in [6, 6.07) is 7.40. The molecule has 0 unspecified atom stereocenters. The van der Waals surface area contributed by atoms with Crippen molar-refractivity contribution in [2.75, 3.05) is 25.6 Å². The van der Waals surface area contributed by atoms with Crippen LogP contribution < -0.4 is 10.6 Å². The van der Waals surface area contributed by atoms with E-state index < -0.39 is 0 Å². The average molecular weight is 334 g/mol. The molecular formula is C17H20ClN3O2. The van der Waals surface area contributed by atoms with Crippen molar-refractivity contribution in [2.24, 2.45) is 0 Å². The molecule has 0 aliphatic carbocycles. The summed E-state index contributed by atoms with van der Waals surface area (Å²) in [6.45, 7) is 3.12. The van der Waals surface area contributed by atoms with E-state index in [9.17, 15) is 4.79 Å². The van der Waals surface area contributed by atoms with Crippen LogP contribution in [-0.2, 0) is 4.74 Å². The summed E-state index contributed by atoms with van der Waals surface area (Å²) in [5.74, 6) is -0.153. The number of amides is 1. The van der Waals surface area contributed by atoms with Crippen LogP contribution in [0.5, 0.6) is 0 Å². The van der Waals surface area contributed by atoms with Gasteiger partial charge in [0.25, 0.3) is 5.91 Å². The van der Waals surface area contributed by atoms with Crippen LogP contribution in [0.1, 0.15) is 22.3 Å². The fourth-order valence-electron chi connectivity index (χ4n) is 2.05. The third-order valence-electron chi connectivity index (χ3n) is 3.36. The molecule has 0 atom stereocenters. The zero-order valence-corrected chi connectivity index (χ0v) is 14.0. The predicted molar refractivity (Wildman–Crippen MR) is 92.5 cm³/mol. The standard InChI is InChI=1S/C17H20ClN3O2/c1-12-15(18)5-3-6-16(12)21-14-9-13(10-19-11-14)17(22)20-7-4-8-23-2/h3,5-6,9-11,21H,4,7-8H2,1-2H3,(H,20,22). The molecule has 0 bridgehead atoms. The van der Waals surface area contributed by atoms with Crippen LogP contribution >= 0.6 is 11.6 Å². The van der Waals surface area contributed by atoms with Crippen molar-refractivity contribution in [3.05, 3.63) is 52.8 Å². The summed E-state index contributed by atoms with van der Waals surface area (Å²) in [4.78, 5) is 16.2. The lowest BCUT2D eigenvalue weighted by Gasteiger charge is -2.11. The van der Waals surface area contributed by atoms with Crippen molar-refractivity contribution in [3.63, 3.8) is 0 Å². The number of nitrogens with zero attached hydrogens (tertiary/aromatic N) is 1. The van der Waals surface area contributed by atoms with Gasteiger partial charge in [0.05, 0.1) is 17.4 Å². The van der Waals surface area contributed by atoms with E-state index in [4.69, 9.17) is 16.3 Å². The SMILES string of the molecule is COCCCNC(=O)c1cncc(Nc2cccc(Cl)c2C)c1. The Balaban J connectivity index is 2.04. The van der Waals surface area contributed by atoms with Crippen LogP contribution in [0.4, 0.5) is 11.4 Å². The molecule has 1 aromatic carbocycles. The first-order valence-electron chi connectivity index (χ1n) is 7.36. The molecule has 2 aromatic rings. The van der Waals surface area contributed by atoms with E-state index in [1.54, 1.807) is 25.6 Å². The third kappa shape index (κ3) is 4.94. The number of hydrogen-bond acceptors (Lipinski definition) is 4. The molecule has 0 saturated carbocycles. The van der Waals surface area contributed by atoms with Gasteiger partial charge in [-0.2, -0.15) is 0 Å². The van der Waals surface area contributed by atoms with Crippen LogP contribution in [0.2, 0.25) is 5.02 Å². The van der Waals surface area contributed by atoms with Gasteiger partial charge in [0.2, 0.25) is 0 Å². The highest BCUT2D eigenvalue weighted by Crippen LogP contribution is 2.26. The van der Waals surface area contributed by atoms with Gasteiger partial charge in [-0.25, -0.2) is 0 Å². The molecule has 6 heteroatoms. The Morgan fingerprint density at radius 3 is 2.96 bits per heavy atom. The van der Waals surface area contributed by atoms with Gasteiger partial charge in [-0.1, -0.05) is 17.7 Å². The number of ether oxygens (including phenoxy) is 1. The summed E-state index contributed by atoms with van der Waals surface area (Å²) < 4.78 is 4.95. The molecule has 1 amide bonds. The maximum Gasteiger partial charge on any atom is 0.252 e. The van der Waals surface area contributed by atoms with Gasteiger partial charge < -0.3 is 15.4 Å². The van der Waals surface area contributed by atoms with Gasteiger partial charge in [-0.15, -0.1) is 0 Å². The van der Waals surface area contributed by atoms with Crippen LogP contribution in [0, 0.1) is 6.92 Å². The van der Waals surface area contributed by atoms with E-state index in [0.717, 1.165) is 23.4 Å². The van der Waals surface area contributed by atoms with Crippen LogP contribution in [0.25, 0.3) is 0 Å². The smallest absolute Gasteiger partial charge is 0.252 e. The lowest BCUT2D eigenvalue weighted by Crippen LogP contribution is -2.25. The topological polar surface area (TPSA) is 63.2 Å². The molecule has 1 heterocycles. The minimum absolute atomic E-state index is 0.153. The van der Waals surface area contributed by atoms with Crippen LogP contribution in [0.15, 0.2) is 36.7 Å². The molecule has 0 radical (unpaired) electrons. The van der Waals surface area contributed by atoms with Gasteiger partial charge >= 0.3 is 0 Å². The molecular weight excluding hydrogens is 314 g/mol. The Bertz CT molecular complexity index is 677. The van der Waals surface area contributed by atoms with Crippen molar-refractivity contribution < 1.29 is 9.53 Å². The summed E-state index contributed by atoms with van der Waals surface area (Å²) in [5, 5.41) is 6.77.